The number of ether oxygens (including phenoxy) is 1. The standard InChI is InChI=1S/C18H19N3O4/c22-17(21-6-8-25-9-7-21)16-11-15(4-5-19-16)20-12-13-2-1-3-14(10-13)18(23)24/h1-5,10-11H,6-9,12H2,(H,19,20)(H,23,24). The minimum Gasteiger partial charge on any atom is -0.478 e. The fourth-order valence-corrected chi connectivity index (χ4v) is 2.60. The number of carboxylic acid groups (broad SMARTS) is 1. The average molecular weight is 341 g/mol. The number of aromatic nitrogens is 1. The summed E-state index contributed by atoms with van der Waals surface area (Å²) in [6.45, 7) is 2.68. The van der Waals surface area contributed by atoms with Gasteiger partial charge in [-0.2, -0.15) is 0 Å². The van der Waals surface area contributed by atoms with E-state index >= 15 is 0 Å². The van der Waals surface area contributed by atoms with Gasteiger partial charge in [-0.05, 0) is 29.8 Å². The maximum Gasteiger partial charge on any atom is 0.335 e. The predicted octanol–water partition coefficient (Wildman–Crippen LogP) is 1.86. The van der Waals surface area contributed by atoms with Crippen LogP contribution in [0.25, 0.3) is 0 Å². The summed E-state index contributed by atoms with van der Waals surface area (Å²) < 4.78 is 5.26. The van der Waals surface area contributed by atoms with Crippen LogP contribution >= 0.6 is 0 Å². The van der Waals surface area contributed by atoms with Crippen LogP contribution in [0, 0.1) is 0 Å². The summed E-state index contributed by atoms with van der Waals surface area (Å²) in [6.07, 6.45) is 1.59. The molecule has 1 aliphatic rings. The Labute approximate surface area is 145 Å². The highest BCUT2D eigenvalue weighted by atomic mass is 16.5. The molecule has 0 radical (unpaired) electrons. The first-order valence-electron chi connectivity index (χ1n) is 8.02. The Kier molecular flexibility index (Phi) is 5.25. The van der Waals surface area contributed by atoms with Crippen molar-refractivity contribution in [1.29, 1.82) is 0 Å². The van der Waals surface area contributed by atoms with Crippen LogP contribution in [0.15, 0.2) is 42.6 Å². The van der Waals surface area contributed by atoms with Crippen LogP contribution in [-0.2, 0) is 11.3 Å². The van der Waals surface area contributed by atoms with Gasteiger partial charge in [-0.3, -0.25) is 9.78 Å². The van der Waals surface area contributed by atoms with Crippen molar-refractivity contribution in [3.8, 4) is 0 Å². The lowest BCUT2D eigenvalue weighted by Gasteiger charge is -2.26. The molecule has 0 saturated carbocycles. The number of amides is 1. The molecule has 1 fully saturated rings. The van der Waals surface area contributed by atoms with E-state index in [1.807, 2.05) is 6.07 Å². The van der Waals surface area contributed by atoms with E-state index in [0.29, 0.717) is 38.5 Å². The van der Waals surface area contributed by atoms with Gasteiger partial charge in [0.25, 0.3) is 5.91 Å². The number of hydrogen-bond acceptors (Lipinski definition) is 5. The topological polar surface area (TPSA) is 91.8 Å². The molecule has 0 aliphatic carbocycles. The molecule has 1 aliphatic heterocycles. The number of benzene rings is 1. The molecule has 1 amide bonds. The number of aromatic carboxylic acids is 1. The Bertz CT molecular complexity index is 772. The lowest BCUT2D eigenvalue weighted by atomic mass is 10.1. The number of pyridine rings is 1. The zero-order valence-corrected chi connectivity index (χ0v) is 13.6. The second kappa shape index (κ2) is 7.76. The zero-order valence-electron chi connectivity index (χ0n) is 13.6. The molecule has 7 nitrogen and oxygen atoms in total. The smallest absolute Gasteiger partial charge is 0.335 e. The molecule has 0 atom stereocenters. The molecule has 0 unspecified atom stereocenters. The third-order valence-electron chi connectivity index (χ3n) is 3.95. The Balaban J connectivity index is 1.66. The molecule has 0 spiro atoms. The molecule has 0 bridgehead atoms. The highest BCUT2D eigenvalue weighted by molar-refractivity contribution is 5.93. The Hall–Kier alpha value is -2.93. The first-order valence-corrected chi connectivity index (χ1v) is 8.02. The predicted molar refractivity (Wildman–Crippen MR) is 91.7 cm³/mol. The number of rotatable bonds is 5. The molecule has 7 heteroatoms. The number of hydrogen-bond donors (Lipinski definition) is 2. The van der Waals surface area contributed by atoms with Gasteiger partial charge >= 0.3 is 5.97 Å². The van der Waals surface area contributed by atoms with Crippen molar-refractivity contribution in [2.75, 3.05) is 31.6 Å². The second-order valence-corrected chi connectivity index (χ2v) is 5.69. The van der Waals surface area contributed by atoms with Gasteiger partial charge in [0.05, 0.1) is 18.8 Å². The van der Waals surface area contributed by atoms with E-state index in [2.05, 4.69) is 10.3 Å². The summed E-state index contributed by atoms with van der Waals surface area (Å²) in [7, 11) is 0. The van der Waals surface area contributed by atoms with Crippen molar-refractivity contribution in [1.82, 2.24) is 9.88 Å². The number of carboxylic acids is 1. The molecule has 25 heavy (non-hydrogen) atoms. The summed E-state index contributed by atoms with van der Waals surface area (Å²) in [5.74, 6) is -1.07. The maximum absolute atomic E-state index is 12.5. The average Bonchev–Trinajstić information content (AvgIpc) is 2.67. The molecule has 2 heterocycles. The molecular weight excluding hydrogens is 322 g/mol. The first-order chi connectivity index (χ1) is 12.1. The van der Waals surface area contributed by atoms with Crippen molar-refractivity contribution in [2.24, 2.45) is 0 Å². The Morgan fingerprint density at radius 1 is 1.20 bits per heavy atom. The third-order valence-corrected chi connectivity index (χ3v) is 3.95. The van der Waals surface area contributed by atoms with Crippen molar-refractivity contribution in [2.45, 2.75) is 6.54 Å². The van der Waals surface area contributed by atoms with Crippen LogP contribution in [0.4, 0.5) is 5.69 Å². The van der Waals surface area contributed by atoms with Gasteiger partial charge in [-0.15, -0.1) is 0 Å². The van der Waals surface area contributed by atoms with E-state index in [1.165, 1.54) is 0 Å². The zero-order chi connectivity index (χ0) is 17.6. The summed E-state index contributed by atoms with van der Waals surface area (Å²) in [4.78, 5) is 29.4. The van der Waals surface area contributed by atoms with Crippen molar-refractivity contribution in [3.05, 3.63) is 59.4 Å². The van der Waals surface area contributed by atoms with E-state index in [9.17, 15) is 9.59 Å². The van der Waals surface area contributed by atoms with Crippen LogP contribution in [0.1, 0.15) is 26.4 Å². The Morgan fingerprint density at radius 2 is 2.00 bits per heavy atom. The van der Waals surface area contributed by atoms with Crippen molar-refractivity contribution >= 4 is 17.6 Å². The van der Waals surface area contributed by atoms with Gasteiger partial charge in [-0.25, -0.2) is 4.79 Å². The number of nitrogens with one attached hydrogen (secondary N) is 1. The van der Waals surface area contributed by atoms with Crippen molar-refractivity contribution in [3.63, 3.8) is 0 Å². The summed E-state index contributed by atoms with van der Waals surface area (Å²) in [6, 6.07) is 10.2. The maximum atomic E-state index is 12.5. The number of carbonyl (C=O) groups excluding carboxylic acids is 1. The fourth-order valence-electron chi connectivity index (χ4n) is 2.60. The molecular formula is C18H19N3O4. The molecule has 1 saturated heterocycles. The number of carbonyl (C=O) groups is 2. The van der Waals surface area contributed by atoms with E-state index < -0.39 is 5.97 Å². The molecule has 1 aromatic carbocycles. The van der Waals surface area contributed by atoms with E-state index in [0.717, 1.165) is 11.3 Å². The summed E-state index contributed by atoms with van der Waals surface area (Å²) in [5, 5.41) is 12.2. The van der Waals surface area contributed by atoms with Gasteiger partial charge < -0.3 is 20.1 Å². The number of nitrogens with zero attached hydrogens (tertiary/aromatic N) is 2. The highest BCUT2D eigenvalue weighted by Crippen LogP contribution is 2.13. The second-order valence-electron chi connectivity index (χ2n) is 5.69. The van der Waals surface area contributed by atoms with E-state index in [-0.39, 0.29) is 11.5 Å². The number of morpholine rings is 1. The molecule has 130 valence electrons. The van der Waals surface area contributed by atoms with Crippen LogP contribution in [0.5, 0.6) is 0 Å². The van der Waals surface area contributed by atoms with E-state index in [1.54, 1.807) is 41.4 Å². The molecule has 2 N–H and O–H groups in total. The lowest BCUT2D eigenvalue weighted by molar-refractivity contribution is 0.0299. The summed E-state index contributed by atoms with van der Waals surface area (Å²) >= 11 is 0. The highest BCUT2D eigenvalue weighted by Gasteiger charge is 2.19. The quantitative estimate of drug-likeness (QED) is 0.862. The third kappa shape index (κ3) is 4.33. The SMILES string of the molecule is O=C(O)c1cccc(CNc2ccnc(C(=O)N3CCOCC3)c2)c1. The first kappa shape index (κ1) is 16.9. The molecule has 2 aromatic rings. The van der Waals surface area contributed by atoms with Crippen LogP contribution < -0.4 is 5.32 Å². The monoisotopic (exact) mass is 341 g/mol. The van der Waals surface area contributed by atoms with Gasteiger partial charge in [0.15, 0.2) is 0 Å². The Morgan fingerprint density at radius 3 is 2.76 bits per heavy atom. The van der Waals surface area contributed by atoms with Gasteiger partial charge in [-0.1, -0.05) is 12.1 Å². The lowest BCUT2D eigenvalue weighted by Crippen LogP contribution is -2.41. The molecule has 3 rings (SSSR count). The normalized spacial score (nSPS) is 14.2. The van der Waals surface area contributed by atoms with Gasteiger partial charge in [0.2, 0.25) is 0 Å². The van der Waals surface area contributed by atoms with Gasteiger partial charge in [0.1, 0.15) is 5.69 Å². The van der Waals surface area contributed by atoms with E-state index in [4.69, 9.17) is 9.84 Å². The largest absolute Gasteiger partial charge is 0.478 e. The van der Waals surface area contributed by atoms with Crippen molar-refractivity contribution < 1.29 is 19.4 Å². The minimum atomic E-state index is -0.954. The van der Waals surface area contributed by atoms with Crippen LogP contribution in [-0.4, -0.2) is 53.2 Å². The van der Waals surface area contributed by atoms with Crippen LogP contribution in [0.3, 0.4) is 0 Å². The molecule has 1 aromatic heterocycles. The minimum absolute atomic E-state index is 0.111. The fraction of sp³-hybridized carbons (Fsp3) is 0.278. The van der Waals surface area contributed by atoms with Crippen LogP contribution in [0.2, 0.25) is 0 Å². The summed E-state index contributed by atoms with van der Waals surface area (Å²) in [5.41, 5.74) is 2.23. The van der Waals surface area contributed by atoms with Gasteiger partial charge in [0, 0.05) is 31.5 Å². The number of anilines is 1.